The number of benzene rings is 1. The molecule has 27 heavy (non-hydrogen) atoms. The number of hydrogen-bond donors (Lipinski definition) is 3. The Kier molecular flexibility index (Phi) is 6.38. The highest BCUT2D eigenvalue weighted by Crippen LogP contribution is 2.33. The van der Waals surface area contributed by atoms with Crippen LogP contribution in [0, 0.1) is 16.0 Å². The largest absolute Gasteiger partial charge is 0.502 e. The van der Waals surface area contributed by atoms with Crippen LogP contribution in [0.25, 0.3) is 0 Å². The molecule has 2 amide bonds. The molecule has 9 nitrogen and oxygen atoms in total. The molecule has 0 saturated carbocycles. The summed E-state index contributed by atoms with van der Waals surface area (Å²) in [6, 6.07) is 2.24. The maximum absolute atomic E-state index is 12.6. The van der Waals surface area contributed by atoms with Gasteiger partial charge in [0.15, 0.2) is 5.75 Å². The minimum atomic E-state index is -0.924. The summed E-state index contributed by atoms with van der Waals surface area (Å²) in [5.74, 6) is -0.912. The molecule has 3 N–H and O–H groups in total. The van der Waals surface area contributed by atoms with Gasteiger partial charge in [0.1, 0.15) is 0 Å². The number of esters is 1. The van der Waals surface area contributed by atoms with Crippen LogP contribution in [-0.4, -0.2) is 28.6 Å². The van der Waals surface area contributed by atoms with Gasteiger partial charge in [-0.25, -0.2) is 9.59 Å². The Morgan fingerprint density at radius 2 is 2.15 bits per heavy atom. The van der Waals surface area contributed by atoms with E-state index in [1.165, 1.54) is 6.07 Å². The predicted molar refractivity (Wildman–Crippen MR) is 96.9 cm³/mol. The predicted octanol–water partition coefficient (Wildman–Crippen LogP) is 2.91. The van der Waals surface area contributed by atoms with Crippen molar-refractivity contribution in [2.75, 3.05) is 6.61 Å². The maximum atomic E-state index is 12.6. The molecule has 0 aromatic heterocycles. The van der Waals surface area contributed by atoms with E-state index in [0.717, 1.165) is 25.0 Å². The number of hydrogen-bond acceptors (Lipinski definition) is 6. The average Bonchev–Trinajstić information content (AvgIpc) is 2.59. The number of nitrogens with zero attached hydrogens (tertiary/aromatic N) is 1. The molecule has 0 aliphatic carbocycles. The van der Waals surface area contributed by atoms with E-state index in [1.807, 2.05) is 13.8 Å². The van der Waals surface area contributed by atoms with Gasteiger partial charge in [0.2, 0.25) is 0 Å². The first-order valence-electron chi connectivity index (χ1n) is 8.67. The van der Waals surface area contributed by atoms with Gasteiger partial charge in [0.25, 0.3) is 0 Å². The van der Waals surface area contributed by atoms with Gasteiger partial charge in [-0.3, -0.25) is 10.1 Å². The molecule has 0 fully saturated rings. The second-order valence-electron chi connectivity index (χ2n) is 6.57. The first-order valence-corrected chi connectivity index (χ1v) is 8.67. The highest BCUT2D eigenvalue weighted by Gasteiger charge is 2.33. The summed E-state index contributed by atoms with van der Waals surface area (Å²) in [6.07, 6.45) is 1.88. The van der Waals surface area contributed by atoms with Crippen molar-refractivity contribution in [1.29, 1.82) is 0 Å². The summed E-state index contributed by atoms with van der Waals surface area (Å²) >= 11 is 0. The van der Waals surface area contributed by atoms with Crippen molar-refractivity contribution >= 4 is 17.7 Å². The van der Waals surface area contributed by atoms with Crippen molar-refractivity contribution in [2.45, 2.75) is 39.7 Å². The van der Waals surface area contributed by atoms with Crippen LogP contribution in [0.3, 0.4) is 0 Å². The fraction of sp³-hybridized carbons (Fsp3) is 0.444. The van der Waals surface area contributed by atoms with Crippen molar-refractivity contribution in [3.8, 4) is 5.75 Å². The number of rotatable bonds is 7. The van der Waals surface area contributed by atoms with Crippen LogP contribution in [-0.2, 0) is 9.53 Å². The third-order valence-corrected chi connectivity index (χ3v) is 4.30. The molecular formula is C18H23N3O6. The van der Waals surface area contributed by atoms with Crippen molar-refractivity contribution < 1.29 is 24.4 Å². The van der Waals surface area contributed by atoms with Crippen molar-refractivity contribution in [1.82, 2.24) is 10.6 Å². The van der Waals surface area contributed by atoms with Crippen LogP contribution in [0.2, 0.25) is 0 Å². The minimum absolute atomic E-state index is 0.165. The van der Waals surface area contributed by atoms with Crippen LogP contribution in [0.5, 0.6) is 5.75 Å². The molecule has 2 atom stereocenters. The monoisotopic (exact) mass is 377 g/mol. The number of aromatic hydroxyl groups is 1. The Morgan fingerprint density at radius 3 is 2.78 bits per heavy atom. The zero-order chi connectivity index (χ0) is 20.1. The molecule has 1 heterocycles. The van der Waals surface area contributed by atoms with Crippen LogP contribution >= 0.6 is 0 Å². The lowest BCUT2D eigenvalue weighted by Gasteiger charge is -2.28. The number of carbonyl (C=O) groups excluding carboxylic acids is 2. The van der Waals surface area contributed by atoms with Gasteiger partial charge in [-0.1, -0.05) is 26.3 Å². The summed E-state index contributed by atoms with van der Waals surface area (Å²) in [7, 11) is 0. The number of nitro benzene ring substituents is 1. The fourth-order valence-electron chi connectivity index (χ4n) is 2.95. The van der Waals surface area contributed by atoms with Gasteiger partial charge >= 0.3 is 17.7 Å². The van der Waals surface area contributed by atoms with Gasteiger partial charge in [0, 0.05) is 11.8 Å². The van der Waals surface area contributed by atoms with E-state index < -0.39 is 34.4 Å². The summed E-state index contributed by atoms with van der Waals surface area (Å²) in [5, 5.41) is 25.8. The summed E-state index contributed by atoms with van der Waals surface area (Å²) in [4.78, 5) is 34.9. The van der Waals surface area contributed by atoms with Crippen LogP contribution < -0.4 is 10.6 Å². The Balaban J connectivity index is 2.34. The Hall–Kier alpha value is -3.10. The third kappa shape index (κ3) is 4.75. The van der Waals surface area contributed by atoms with Crippen molar-refractivity contribution in [2.24, 2.45) is 5.92 Å². The molecule has 1 aromatic rings. The van der Waals surface area contributed by atoms with Crippen LogP contribution in [0.15, 0.2) is 29.5 Å². The molecule has 0 saturated heterocycles. The maximum Gasteiger partial charge on any atom is 0.338 e. The highest BCUT2D eigenvalue weighted by atomic mass is 16.6. The Morgan fingerprint density at radius 1 is 1.44 bits per heavy atom. The quantitative estimate of drug-likeness (QED) is 0.380. The lowest BCUT2D eigenvalue weighted by molar-refractivity contribution is -0.385. The van der Waals surface area contributed by atoms with Gasteiger partial charge in [-0.2, -0.15) is 0 Å². The average molecular weight is 377 g/mol. The normalized spacial score (nSPS) is 17.7. The number of amides is 2. The molecule has 0 bridgehead atoms. The van der Waals surface area contributed by atoms with Crippen LogP contribution in [0.1, 0.15) is 45.2 Å². The molecule has 0 spiro atoms. The first-order chi connectivity index (χ1) is 12.7. The van der Waals surface area contributed by atoms with E-state index in [9.17, 15) is 24.8 Å². The fourth-order valence-corrected chi connectivity index (χ4v) is 2.95. The second-order valence-corrected chi connectivity index (χ2v) is 6.57. The van der Waals surface area contributed by atoms with E-state index >= 15 is 0 Å². The van der Waals surface area contributed by atoms with Crippen LogP contribution in [0.4, 0.5) is 10.5 Å². The number of carbonyl (C=O) groups is 2. The first kappa shape index (κ1) is 20.2. The summed E-state index contributed by atoms with van der Waals surface area (Å²) in [6.45, 7) is 5.81. The van der Waals surface area contributed by atoms with Crippen molar-refractivity contribution in [3.63, 3.8) is 0 Å². The highest BCUT2D eigenvalue weighted by molar-refractivity contribution is 5.95. The topological polar surface area (TPSA) is 131 Å². The molecule has 9 heteroatoms. The summed E-state index contributed by atoms with van der Waals surface area (Å²) in [5.41, 5.74) is 0.260. The van der Waals surface area contributed by atoms with Crippen molar-refractivity contribution in [3.05, 3.63) is 45.1 Å². The smallest absolute Gasteiger partial charge is 0.338 e. The zero-order valence-electron chi connectivity index (χ0n) is 15.4. The number of ether oxygens (including phenoxy) is 1. The second kappa shape index (κ2) is 8.52. The van der Waals surface area contributed by atoms with Gasteiger partial charge < -0.3 is 20.5 Å². The van der Waals surface area contributed by atoms with E-state index in [1.54, 1.807) is 6.92 Å². The van der Waals surface area contributed by atoms with Gasteiger partial charge in [-0.15, -0.1) is 0 Å². The molecule has 146 valence electrons. The van der Waals surface area contributed by atoms with E-state index in [4.69, 9.17) is 4.74 Å². The molecule has 1 aliphatic heterocycles. The third-order valence-electron chi connectivity index (χ3n) is 4.30. The SMILES string of the molecule is CCC[C@@H](C)COC(=O)C1=C(C)NC(=O)N[C@@H]1c1ccc(O)c([N+](=O)[O-])c1. The van der Waals surface area contributed by atoms with E-state index in [2.05, 4.69) is 10.6 Å². The van der Waals surface area contributed by atoms with E-state index in [-0.39, 0.29) is 18.1 Å². The zero-order valence-corrected chi connectivity index (χ0v) is 15.4. The lowest BCUT2D eigenvalue weighted by Crippen LogP contribution is -2.45. The van der Waals surface area contributed by atoms with E-state index in [0.29, 0.717) is 11.3 Å². The number of nitro groups is 1. The molecule has 2 rings (SSSR count). The molecule has 1 aliphatic rings. The number of nitrogens with one attached hydrogen (secondary N) is 2. The molecule has 1 aromatic carbocycles. The Labute approximate surface area is 156 Å². The molecule has 0 radical (unpaired) electrons. The lowest BCUT2D eigenvalue weighted by atomic mass is 9.95. The minimum Gasteiger partial charge on any atom is -0.502 e. The molecule has 0 unspecified atom stereocenters. The van der Waals surface area contributed by atoms with Gasteiger partial charge in [0.05, 0.1) is 23.1 Å². The Bertz CT molecular complexity index is 789. The standard InChI is InChI=1S/C18H23N3O6/c1-4-5-10(2)9-27-17(23)15-11(3)19-18(24)20-16(15)12-6-7-14(22)13(8-12)21(25)26/h6-8,10,16,22H,4-5,9H2,1-3H3,(H2,19,20,24)/t10-,16-/m1/s1. The number of phenolic OH excluding ortho intramolecular Hbond substituents is 1. The number of urea groups is 1. The molecular weight excluding hydrogens is 354 g/mol. The summed E-state index contributed by atoms with van der Waals surface area (Å²) < 4.78 is 5.38. The van der Waals surface area contributed by atoms with Gasteiger partial charge in [-0.05, 0) is 30.9 Å². The number of allylic oxidation sites excluding steroid dienone is 1. The number of phenols is 1.